The maximum absolute atomic E-state index is 12.4. The van der Waals surface area contributed by atoms with Gasteiger partial charge in [0.25, 0.3) is 5.91 Å². The van der Waals surface area contributed by atoms with Crippen molar-refractivity contribution in [3.63, 3.8) is 0 Å². The number of anilines is 2. The van der Waals surface area contributed by atoms with Crippen molar-refractivity contribution >= 4 is 35.6 Å². The summed E-state index contributed by atoms with van der Waals surface area (Å²) in [6.45, 7) is 1.08. The van der Waals surface area contributed by atoms with E-state index in [9.17, 15) is 9.59 Å². The summed E-state index contributed by atoms with van der Waals surface area (Å²) in [5.74, 6) is -0.226. The van der Waals surface area contributed by atoms with Crippen LogP contribution in [-0.4, -0.2) is 34.2 Å². The summed E-state index contributed by atoms with van der Waals surface area (Å²) in [5.41, 5.74) is 3.46. The fourth-order valence-electron chi connectivity index (χ4n) is 2.81. The molecule has 1 aliphatic heterocycles. The van der Waals surface area contributed by atoms with Gasteiger partial charge in [-0.2, -0.15) is 5.10 Å². The third-order valence-corrected chi connectivity index (χ3v) is 4.22. The number of fused-ring (bicyclic) bond motifs is 1. The van der Waals surface area contributed by atoms with Crippen LogP contribution in [0, 0.1) is 0 Å². The standard InChI is InChI=1S/C17H19N5O2.ClH/c23-16(20-13-2-3-13)10-22-9-14(8-19-22)21-17(24)12-1-4-15-11(7-12)5-6-18-15;/h1,4,7-9,13,18H,2-3,5-6,10H2,(H,20,23)(H,21,24);1H. The zero-order chi connectivity index (χ0) is 16.5. The number of hydrogen-bond donors (Lipinski definition) is 3. The van der Waals surface area contributed by atoms with Crippen LogP contribution >= 0.6 is 12.4 Å². The van der Waals surface area contributed by atoms with E-state index in [0.717, 1.165) is 37.1 Å². The molecule has 132 valence electrons. The molecule has 1 saturated carbocycles. The predicted octanol–water partition coefficient (Wildman–Crippen LogP) is 1.80. The molecule has 3 N–H and O–H groups in total. The number of nitrogens with one attached hydrogen (secondary N) is 3. The van der Waals surface area contributed by atoms with Crippen LogP contribution in [0.25, 0.3) is 0 Å². The van der Waals surface area contributed by atoms with Gasteiger partial charge in [0.05, 0.1) is 11.9 Å². The third-order valence-electron chi connectivity index (χ3n) is 4.22. The SMILES string of the molecule is Cl.O=C(Cn1cc(NC(=O)c2ccc3c(c2)CCN3)cn1)NC1CC1. The summed E-state index contributed by atoms with van der Waals surface area (Å²) in [7, 11) is 0. The second kappa shape index (κ2) is 7.14. The second-order valence-electron chi connectivity index (χ2n) is 6.27. The van der Waals surface area contributed by atoms with E-state index in [4.69, 9.17) is 0 Å². The van der Waals surface area contributed by atoms with E-state index in [-0.39, 0.29) is 30.8 Å². The van der Waals surface area contributed by atoms with Crippen molar-refractivity contribution in [1.29, 1.82) is 0 Å². The minimum atomic E-state index is -0.174. The number of aromatic nitrogens is 2. The average Bonchev–Trinajstić information content (AvgIpc) is 3.08. The Balaban J connectivity index is 0.00000182. The molecule has 2 aromatic rings. The molecule has 0 spiro atoms. The summed E-state index contributed by atoms with van der Waals surface area (Å²) in [4.78, 5) is 24.1. The van der Waals surface area contributed by atoms with E-state index < -0.39 is 0 Å². The van der Waals surface area contributed by atoms with Crippen LogP contribution in [0.15, 0.2) is 30.6 Å². The number of rotatable bonds is 5. The van der Waals surface area contributed by atoms with Crippen molar-refractivity contribution in [2.45, 2.75) is 31.8 Å². The molecule has 1 fully saturated rings. The molecule has 0 radical (unpaired) electrons. The highest BCUT2D eigenvalue weighted by Gasteiger charge is 2.23. The van der Waals surface area contributed by atoms with Crippen LogP contribution in [0.3, 0.4) is 0 Å². The highest BCUT2D eigenvalue weighted by Crippen LogP contribution is 2.23. The van der Waals surface area contributed by atoms with Gasteiger partial charge < -0.3 is 16.0 Å². The molecule has 0 bridgehead atoms. The van der Waals surface area contributed by atoms with Gasteiger partial charge in [-0.1, -0.05) is 0 Å². The zero-order valence-electron chi connectivity index (χ0n) is 13.6. The monoisotopic (exact) mass is 361 g/mol. The molecule has 2 aliphatic rings. The van der Waals surface area contributed by atoms with E-state index >= 15 is 0 Å². The molecule has 25 heavy (non-hydrogen) atoms. The minimum Gasteiger partial charge on any atom is -0.384 e. The smallest absolute Gasteiger partial charge is 0.255 e. The molecule has 4 rings (SSSR count). The normalized spacial score (nSPS) is 14.9. The minimum absolute atomic E-state index is 0. The number of amides is 2. The Morgan fingerprint density at radius 3 is 2.96 bits per heavy atom. The number of benzene rings is 1. The Morgan fingerprint density at radius 1 is 1.32 bits per heavy atom. The maximum Gasteiger partial charge on any atom is 0.255 e. The number of nitrogens with zero attached hydrogens (tertiary/aromatic N) is 2. The lowest BCUT2D eigenvalue weighted by atomic mass is 10.1. The fraction of sp³-hybridized carbons (Fsp3) is 0.353. The van der Waals surface area contributed by atoms with E-state index in [1.165, 1.54) is 4.68 Å². The van der Waals surface area contributed by atoms with Gasteiger partial charge in [-0.25, -0.2) is 0 Å². The van der Waals surface area contributed by atoms with E-state index in [2.05, 4.69) is 21.0 Å². The summed E-state index contributed by atoms with van der Waals surface area (Å²) in [6.07, 6.45) is 6.27. The largest absolute Gasteiger partial charge is 0.384 e. The van der Waals surface area contributed by atoms with Gasteiger partial charge in [0.1, 0.15) is 6.54 Å². The highest BCUT2D eigenvalue weighted by atomic mass is 35.5. The first-order chi connectivity index (χ1) is 11.7. The van der Waals surface area contributed by atoms with Crippen molar-refractivity contribution in [1.82, 2.24) is 15.1 Å². The van der Waals surface area contributed by atoms with Crippen LogP contribution in [0.1, 0.15) is 28.8 Å². The van der Waals surface area contributed by atoms with Crippen molar-refractivity contribution in [2.24, 2.45) is 0 Å². The lowest BCUT2D eigenvalue weighted by Gasteiger charge is -2.05. The first kappa shape index (κ1) is 17.3. The van der Waals surface area contributed by atoms with E-state index in [1.807, 2.05) is 12.1 Å². The van der Waals surface area contributed by atoms with E-state index in [1.54, 1.807) is 18.5 Å². The van der Waals surface area contributed by atoms with Crippen LogP contribution in [0.4, 0.5) is 11.4 Å². The average molecular weight is 362 g/mol. The molecule has 0 atom stereocenters. The van der Waals surface area contributed by atoms with Crippen LogP contribution in [0.2, 0.25) is 0 Å². The Morgan fingerprint density at radius 2 is 2.16 bits per heavy atom. The summed E-state index contributed by atoms with van der Waals surface area (Å²) in [5, 5.41) is 13.1. The molecule has 8 heteroatoms. The molecular formula is C17H20ClN5O2. The Kier molecular flexibility index (Phi) is 4.94. The number of halogens is 1. The summed E-state index contributed by atoms with van der Waals surface area (Å²) >= 11 is 0. The maximum atomic E-state index is 12.4. The van der Waals surface area contributed by atoms with E-state index in [0.29, 0.717) is 17.3 Å². The Labute approximate surface area is 151 Å². The van der Waals surface area contributed by atoms with Crippen LogP contribution < -0.4 is 16.0 Å². The Hall–Kier alpha value is -2.54. The summed E-state index contributed by atoms with van der Waals surface area (Å²) < 4.78 is 1.53. The van der Waals surface area contributed by atoms with Crippen molar-refractivity contribution < 1.29 is 9.59 Å². The number of carbonyl (C=O) groups excluding carboxylic acids is 2. The molecule has 2 heterocycles. The van der Waals surface area contributed by atoms with Gasteiger partial charge in [-0.15, -0.1) is 12.4 Å². The van der Waals surface area contributed by atoms with Crippen LogP contribution in [0.5, 0.6) is 0 Å². The van der Waals surface area contributed by atoms with Crippen LogP contribution in [-0.2, 0) is 17.8 Å². The molecule has 0 saturated heterocycles. The predicted molar refractivity (Wildman–Crippen MR) is 97.2 cm³/mol. The molecule has 1 aliphatic carbocycles. The lowest BCUT2D eigenvalue weighted by molar-refractivity contribution is -0.122. The number of carbonyl (C=O) groups is 2. The second-order valence-corrected chi connectivity index (χ2v) is 6.27. The third kappa shape index (κ3) is 4.11. The zero-order valence-corrected chi connectivity index (χ0v) is 14.4. The molecule has 7 nitrogen and oxygen atoms in total. The first-order valence-corrected chi connectivity index (χ1v) is 8.17. The fourth-order valence-corrected chi connectivity index (χ4v) is 2.81. The van der Waals surface area contributed by atoms with Crippen molar-refractivity contribution in [3.05, 3.63) is 41.7 Å². The van der Waals surface area contributed by atoms with Gasteiger partial charge in [0, 0.05) is 30.0 Å². The van der Waals surface area contributed by atoms with Crippen molar-refractivity contribution in [2.75, 3.05) is 17.2 Å². The first-order valence-electron chi connectivity index (χ1n) is 8.17. The molecule has 1 aromatic heterocycles. The van der Waals surface area contributed by atoms with Gasteiger partial charge >= 0.3 is 0 Å². The number of hydrogen-bond acceptors (Lipinski definition) is 4. The van der Waals surface area contributed by atoms with Crippen molar-refractivity contribution in [3.8, 4) is 0 Å². The molecular weight excluding hydrogens is 342 g/mol. The van der Waals surface area contributed by atoms with Gasteiger partial charge in [-0.05, 0) is 43.0 Å². The quantitative estimate of drug-likeness (QED) is 0.757. The molecule has 2 amide bonds. The molecule has 0 unspecified atom stereocenters. The lowest BCUT2D eigenvalue weighted by Crippen LogP contribution is -2.29. The molecule has 1 aromatic carbocycles. The Bertz CT molecular complexity index is 800. The topological polar surface area (TPSA) is 88.1 Å². The van der Waals surface area contributed by atoms with Gasteiger partial charge in [-0.3, -0.25) is 14.3 Å². The summed E-state index contributed by atoms with van der Waals surface area (Å²) in [6, 6.07) is 5.99. The van der Waals surface area contributed by atoms with Gasteiger partial charge in [0.15, 0.2) is 0 Å². The highest BCUT2D eigenvalue weighted by molar-refractivity contribution is 6.04. The van der Waals surface area contributed by atoms with Gasteiger partial charge in [0.2, 0.25) is 5.91 Å².